The molecule has 0 aromatic rings. The second-order valence-electron chi connectivity index (χ2n) is 4.73. The highest BCUT2D eigenvalue weighted by molar-refractivity contribution is 14.1. The minimum Gasteiger partial charge on any atom is -0.458 e. The van der Waals surface area contributed by atoms with Gasteiger partial charge in [-0.1, -0.05) is 29.5 Å². The van der Waals surface area contributed by atoms with Gasteiger partial charge in [0.1, 0.15) is 9.53 Å². The SMILES string of the molecule is CCC(C)(OC(=O)C(C)I)C1CCNCC1. The Kier molecular flexibility index (Phi) is 5.50. The van der Waals surface area contributed by atoms with Crippen molar-refractivity contribution in [3.8, 4) is 0 Å². The van der Waals surface area contributed by atoms with Crippen molar-refractivity contribution in [3.05, 3.63) is 0 Å². The third-order valence-electron chi connectivity index (χ3n) is 3.56. The van der Waals surface area contributed by atoms with E-state index in [-0.39, 0.29) is 15.5 Å². The van der Waals surface area contributed by atoms with E-state index in [4.69, 9.17) is 4.74 Å². The van der Waals surface area contributed by atoms with E-state index in [1.165, 1.54) is 0 Å². The van der Waals surface area contributed by atoms with Gasteiger partial charge in [-0.25, -0.2) is 0 Å². The minimum absolute atomic E-state index is 0.0646. The van der Waals surface area contributed by atoms with Gasteiger partial charge >= 0.3 is 5.97 Å². The van der Waals surface area contributed by atoms with Gasteiger partial charge in [0, 0.05) is 5.92 Å². The molecule has 3 nitrogen and oxygen atoms in total. The van der Waals surface area contributed by atoms with Gasteiger partial charge in [-0.05, 0) is 46.2 Å². The Morgan fingerprint density at radius 1 is 1.56 bits per heavy atom. The van der Waals surface area contributed by atoms with Crippen LogP contribution in [0.2, 0.25) is 0 Å². The second-order valence-corrected chi connectivity index (χ2v) is 6.60. The molecule has 2 unspecified atom stereocenters. The van der Waals surface area contributed by atoms with Crippen LogP contribution in [0, 0.1) is 5.92 Å². The van der Waals surface area contributed by atoms with Crippen molar-refractivity contribution in [2.45, 2.75) is 49.6 Å². The Morgan fingerprint density at radius 3 is 2.56 bits per heavy atom. The van der Waals surface area contributed by atoms with Gasteiger partial charge < -0.3 is 10.1 Å². The quantitative estimate of drug-likeness (QED) is 0.486. The van der Waals surface area contributed by atoms with E-state index < -0.39 is 0 Å². The van der Waals surface area contributed by atoms with E-state index in [0.29, 0.717) is 5.92 Å². The van der Waals surface area contributed by atoms with Gasteiger partial charge in [0.25, 0.3) is 0 Å². The molecule has 2 atom stereocenters. The average molecular weight is 339 g/mol. The zero-order valence-corrected chi connectivity index (χ0v) is 12.5. The molecule has 0 aliphatic carbocycles. The minimum atomic E-state index is -0.279. The Morgan fingerprint density at radius 2 is 2.12 bits per heavy atom. The summed E-state index contributed by atoms with van der Waals surface area (Å²) in [4.78, 5) is 11.7. The van der Waals surface area contributed by atoms with Crippen molar-refractivity contribution >= 4 is 28.6 Å². The lowest BCUT2D eigenvalue weighted by atomic mass is 9.80. The summed E-state index contributed by atoms with van der Waals surface area (Å²) in [5.41, 5.74) is -0.279. The number of carbonyl (C=O) groups is 1. The number of piperidine rings is 1. The standard InChI is InChI=1S/C12H22INO2/c1-4-12(3,16-11(15)9(2)13)10-5-7-14-8-6-10/h9-10,14H,4-8H2,1-3H3. The average Bonchev–Trinajstić information content (AvgIpc) is 2.29. The molecular formula is C12H22INO2. The third kappa shape index (κ3) is 3.58. The topological polar surface area (TPSA) is 38.3 Å². The number of alkyl halides is 1. The Labute approximate surface area is 112 Å². The lowest BCUT2D eigenvalue weighted by Crippen LogP contribution is -2.45. The van der Waals surface area contributed by atoms with Crippen molar-refractivity contribution in [1.29, 1.82) is 0 Å². The molecule has 1 rings (SSSR count). The largest absolute Gasteiger partial charge is 0.458 e. The van der Waals surface area contributed by atoms with Crippen LogP contribution in [0.1, 0.15) is 40.0 Å². The smallest absolute Gasteiger partial charge is 0.319 e. The highest BCUT2D eigenvalue weighted by Crippen LogP contribution is 2.32. The molecule has 0 aromatic carbocycles. The van der Waals surface area contributed by atoms with Gasteiger partial charge in [-0.3, -0.25) is 4.79 Å². The molecule has 16 heavy (non-hydrogen) atoms. The highest BCUT2D eigenvalue weighted by Gasteiger charge is 2.37. The number of esters is 1. The Bertz CT molecular complexity index is 239. The summed E-state index contributed by atoms with van der Waals surface area (Å²) in [5.74, 6) is 0.418. The monoisotopic (exact) mass is 339 g/mol. The lowest BCUT2D eigenvalue weighted by Gasteiger charge is -2.39. The van der Waals surface area contributed by atoms with E-state index in [1.54, 1.807) is 0 Å². The normalized spacial score (nSPS) is 23.5. The molecule has 1 aliphatic rings. The first-order valence-corrected chi connectivity index (χ1v) is 7.32. The van der Waals surface area contributed by atoms with Crippen LogP contribution in [0.15, 0.2) is 0 Å². The number of carbonyl (C=O) groups excluding carboxylic acids is 1. The molecule has 0 aromatic heterocycles. The number of ether oxygens (including phenoxy) is 1. The molecule has 94 valence electrons. The molecule has 0 bridgehead atoms. The Balaban J connectivity index is 2.64. The van der Waals surface area contributed by atoms with Crippen molar-refractivity contribution in [2.24, 2.45) is 5.92 Å². The fraction of sp³-hybridized carbons (Fsp3) is 0.917. The molecular weight excluding hydrogens is 317 g/mol. The van der Waals surface area contributed by atoms with E-state index in [9.17, 15) is 4.79 Å². The predicted octanol–water partition coefficient (Wildman–Crippen LogP) is 2.52. The van der Waals surface area contributed by atoms with E-state index in [1.807, 2.05) is 6.92 Å². The van der Waals surface area contributed by atoms with E-state index >= 15 is 0 Å². The first kappa shape index (κ1) is 14.2. The molecule has 0 radical (unpaired) electrons. The lowest BCUT2D eigenvalue weighted by molar-refractivity contribution is -0.164. The number of hydrogen-bond donors (Lipinski definition) is 1. The number of nitrogens with one attached hydrogen (secondary N) is 1. The molecule has 0 spiro atoms. The maximum absolute atomic E-state index is 11.7. The Hall–Kier alpha value is 0.160. The maximum Gasteiger partial charge on any atom is 0.319 e. The molecule has 0 amide bonds. The first-order chi connectivity index (χ1) is 7.49. The summed E-state index contributed by atoms with van der Waals surface area (Å²) in [6, 6.07) is 0. The van der Waals surface area contributed by atoms with Crippen LogP contribution in [-0.2, 0) is 9.53 Å². The molecule has 1 heterocycles. The summed E-state index contributed by atoms with van der Waals surface area (Å²) in [6.45, 7) is 8.14. The van der Waals surface area contributed by atoms with Crippen molar-refractivity contribution in [2.75, 3.05) is 13.1 Å². The molecule has 4 heteroatoms. The highest BCUT2D eigenvalue weighted by atomic mass is 127. The van der Waals surface area contributed by atoms with Crippen LogP contribution in [0.3, 0.4) is 0 Å². The number of rotatable bonds is 4. The molecule has 1 aliphatic heterocycles. The van der Waals surface area contributed by atoms with Crippen LogP contribution in [-0.4, -0.2) is 28.6 Å². The van der Waals surface area contributed by atoms with Crippen molar-refractivity contribution in [3.63, 3.8) is 0 Å². The summed E-state index contributed by atoms with van der Waals surface area (Å²) >= 11 is 2.11. The fourth-order valence-corrected chi connectivity index (χ4v) is 2.31. The maximum atomic E-state index is 11.7. The first-order valence-electron chi connectivity index (χ1n) is 6.07. The van der Waals surface area contributed by atoms with Crippen LogP contribution < -0.4 is 5.32 Å². The van der Waals surface area contributed by atoms with Crippen LogP contribution in [0.25, 0.3) is 0 Å². The number of hydrogen-bond acceptors (Lipinski definition) is 3. The van der Waals surface area contributed by atoms with Gasteiger partial charge in [0.15, 0.2) is 0 Å². The zero-order chi connectivity index (χ0) is 12.2. The predicted molar refractivity (Wildman–Crippen MR) is 73.9 cm³/mol. The summed E-state index contributed by atoms with van der Waals surface area (Å²) in [7, 11) is 0. The molecule has 0 saturated carbocycles. The van der Waals surface area contributed by atoms with Crippen molar-refractivity contribution in [1.82, 2.24) is 5.32 Å². The van der Waals surface area contributed by atoms with Gasteiger partial charge in [-0.2, -0.15) is 0 Å². The van der Waals surface area contributed by atoms with Gasteiger partial charge in [-0.15, -0.1) is 0 Å². The number of halogens is 1. The summed E-state index contributed by atoms with van der Waals surface area (Å²) in [5, 5.41) is 3.35. The van der Waals surface area contributed by atoms with Crippen LogP contribution in [0.4, 0.5) is 0 Å². The van der Waals surface area contributed by atoms with E-state index in [2.05, 4.69) is 41.8 Å². The van der Waals surface area contributed by atoms with Gasteiger partial charge in [0.2, 0.25) is 0 Å². The zero-order valence-electron chi connectivity index (χ0n) is 10.4. The third-order valence-corrected chi connectivity index (χ3v) is 4.07. The fourth-order valence-electron chi connectivity index (χ4n) is 2.19. The molecule has 1 fully saturated rings. The molecule has 1 N–H and O–H groups in total. The van der Waals surface area contributed by atoms with Crippen LogP contribution in [0.5, 0.6) is 0 Å². The second kappa shape index (κ2) is 6.19. The molecule has 1 saturated heterocycles. The van der Waals surface area contributed by atoms with Crippen LogP contribution >= 0.6 is 22.6 Å². The van der Waals surface area contributed by atoms with Crippen molar-refractivity contribution < 1.29 is 9.53 Å². The van der Waals surface area contributed by atoms with Gasteiger partial charge in [0.05, 0.1) is 0 Å². The summed E-state index contributed by atoms with van der Waals surface area (Å²) < 4.78 is 5.65. The van der Waals surface area contributed by atoms with E-state index in [0.717, 1.165) is 32.4 Å². The summed E-state index contributed by atoms with van der Waals surface area (Å²) in [6.07, 6.45) is 3.10.